The first-order valence-corrected chi connectivity index (χ1v) is 6.73. The summed E-state index contributed by atoms with van der Waals surface area (Å²) in [7, 11) is 0. The molecule has 0 rings (SSSR count). The topological polar surface area (TPSA) is 55.1 Å². The Bertz CT molecular complexity index is 234. The average molecular weight is 242 g/mol. The van der Waals surface area contributed by atoms with Gasteiger partial charge in [-0.3, -0.25) is 4.79 Å². The molecule has 3 heteroatoms. The Kier molecular flexibility index (Phi) is 6.76. The molecule has 17 heavy (non-hydrogen) atoms. The normalized spacial score (nSPS) is 12.6. The van der Waals surface area contributed by atoms with Gasteiger partial charge in [-0.1, -0.05) is 40.0 Å². The highest BCUT2D eigenvalue weighted by atomic mass is 16.2. The molecule has 0 aliphatic rings. The minimum Gasteiger partial charge on any atom is -0.355 e. The van der Waals surface area contributed by atoms with Crippen molar-refractivity contribution >= 4 is 5.91 Å². The number of hydrogen-bond acceptors (Lipinski definition) is 2. The Morgan fingerprint density at radius 2 is 1.76 bits per heavy atom. The van der Waals surface area contributed by atoms with Gasteiger partial charge >= 0.3 is 0 Å². The number of hydrogen-bond donors (Lipinski definition) is 2. The third kappa shape index (κ3) is 6.67. The number of amides is 1. The Balaban J connectivity index is 4.04. The predicted octanol–water partition coefficient (Wildman–Crippen LogP) is 2.69. The van der Waals surface area contributed by atoms with Gasteiger partial charge in [-0.15, -0.1) is 0 Å². The highest BCUT2D eigenvalue weighted by Crippen LogP contribution is 2.23. The summed E-state index contributed by atoms with van der Waals surface area (Å²) < 4.78 is 0. The second kappa shape index (κ2) is 7.00. The van der Waals surface area contributed by atoms with Crippen LogP contribution >= 0.6 is 0 Å². The second-order valence-electron chi connectivity index (χ2n) is 6.39. The van der Waals surface area contributed by atoms with Crippen LogP contribution in [0.2, 0.25) is 0 Å². The lowest BCUT2D eigenvalue weighted by Crippen LogP contribution is -2.44. The Morgan fingerprint density at radius 3 is 2.24 bits per heavy atom. The summed E-state index contributed by atoms with van der Waals surface area (Å²) in [6.45, 7) is 11.5. The van der Waals surface area contributed by atoms with Crippen molar-refractivity contribution in [2.75, 3.05) is 13.1 Å². The van der Waals surface area contributed by atoms with E-state index < -0.39 is 5.41 Å². The molecular formula is C14H30N2O. The number of rotatable bonds is 8. The molecule has 0 saturated heterocycles. The first-order valence-electron chi connectivity index (χ1n) is 6.73. The number of nitrogens with one attached hydrogen (secondary N) is 1. The van der Waals surface area contributed by atoms with Crippen LogP contribution in [0.3, 0.4) is 0 Å². The molecule has 0 bridgehead atoms. The smallest absolute Gasteiger partial charge is 0.226 e. The van der Waals surface area contributed by atoms with Gasteiger partial charge in [0.2, 0.25) is 5.91 Å². The van der Waals surface area contributed by atoms with Crippen LogP contribution in [0, 0.1) is 10.8 Å². The van der Waals surface area contributed by atoms with Crippen LogP contribution < -0.4 is 11.1 Å². The third-order valence-corrected chi connectivity index (χ3v) is 3.31. The molecule has 0 aromatic rings. The highest BCUT2D eigenvalue weighted by Gasteiger charge is 2.27. The monoisotopic (exact) mass is 242 g/mol. The molecule has 0 fully saturated rings. The summed E-state index contributed by atoms with van der Waals surface area (Å²) in [6, 6.07) is 0. The van der Waals surface area contributed by atoms with E-state index in [0.717, 1.165) is 13.0 Å². The molecule has 0 radical (unpaired) electrons. The van der Waals surface area contributed by atoms with Gasteiger partial charge < -0.3 is 11.1 Å². The molecular weight excluding hydrogens is 212 g/mol. The van der Waals surface area contributed by atoms with E-state index in [1.54, 1.807) is 0 Å². The predicted molar refractivity (Wildman–Crippen MR) is 73.8 cm³/mol. The van der Waals surface area contributed by atoms with Crippen molar-refractivity contribution in [2.45, 2.75) is 60.3 Å². The van der Waals surface area contributed by atoms with E-state index in [2.05, 4.69) is 26.1 Å². The third-order valence-electron chi connectivity index (χ3n) is 3.31. The van der Waals surface area contributed by atoms with Gasteiger partial charge in [-0.25, -0.2) is 0 Å². The van der Waals surface area contributed by atoms with Gasteiger partial charge in [0.1, 0.15) is 0 Å². The van der Waals surface area contributed by atoms with Crippen molar-refractivity contribution < 1.29 is 4.79 Å². The van der Waals surface area contributed by atoms with E-state index in [1.165, 1.54) is 19.3 Å². The van der Waals surface area contributed by atoms with Crippen molar-refractivity contribution in [1.29, 1.82) is 0 Å². The summed E-state index contributed by atoms with van der Waals surface area (Å²) in [5, 5.41) is 3.02. The minimum atomic E-state index is -0.459. The standard InChI is InChI=1S/C14H30N2O/c1-6-7-8-9-13(2,3)11-16-12(17)14(4,5)10-15/h6-11,15H2,1-5H3,(H,16,17). The molecule has 0 unspecified atom stereocenters. The molecule has 102 valence electrons. The van der Waals surface area contributed by atoms with Crippen LogP contribution in [0.15, 0.2) is 0 Å². The fraction of sp³-hybridized carbons (Fsp3) is 0.929. The van der Waals surface area contributed by atoms with E-state index in [4.69, 9.17) is 5.73 Å². The summed E-state index contributed by atoms with van der Waals surface area (Å²) in [4.78, 5) is 11.9. The van der Waals surface area contributed by atoms with Crippen LogP contribution in [-0.4, -0.2) is 19.0 Å². The van der Waals surface area contributed by atoms with Gasteiger partial charge in [0, 0.05) is 13.1 Å². The molecule has 3 N–H and O–H groups in total. The first kappa shape index (κ1) is 16.4. The molecule has 0 heterocycles. The largest absolute Gasteiger partial charge is 0.355 e. The molecule has 0 saturated carbocycles. The molecule has 0 aromatic carbocycles. The maximum atomic E-state index is 11.9. The molecule has 0 atom stereocenters. The summed E-state index contributed by atoms with van der Waals surface area (Å²) >= 11 is 0. The van der Waals surface area contributed by atoms with Crippen molar-refractivity contribution in [2.24, 2.45) is 16.6 Å². The SMILES string of the molecule is CCCCCC(C)(C)CNC(=O)C(C)(C)CN. The fourth-order valence-electron chi connectivity index (χ4n) is 1.59. The van der Waals surface area contributed by atoms with Crippen molar-refractivity contribution in [3.05, 3.63) is 0 Å². The van der Waals surface area contributed by atoms with Gasteiger partial charge in [-0.2, -0.15) is 0 Å². The van der Waals surface area contributed by atoms with E-state index >= 15 is 0 Å². The van der Waals surface area contributed by atoms with Crippen LogP contribution in [0.1, 0.15) is 60.3 Å². The highest BCUT2D eigenvalue weighted by molar-refractivity contribution is 5.82. The lowest BCUT2D eigenvalue weighted by atomic mass is 9.86. The van der Waals surface area contributed by atoms with Gasteiger partial charge in [0.15, 0.2) is 0 Å². The Labute approximate surface area is 107 Å². The van der Waals surface area contributed by atoms with Gasteiger partial charge in [-0.05, 0) is 25.7 Å². The van der Waals surface area contributed by atoms with Crippen molar-refractivity contribution in [3.63, 3.8) is 0 Å². The lowest BCUT2D eigenvalue weighted by Gasteiger charge is -2.28. The van der Waals surface area contributed by atoms with E-state index in [9.17, 15) is 4.79 Å². The van der Waals surface area contributed by atoms with E-state index in [1.807, 2.05) is 13.8 Å². The van der Waals surface area contributed by atoms with Gasteiger partial charge in [0.25, 0.3) is 0 Å². The van der Waals surface area contributed by atoms with Crippen LogP contribution in [0.5, 0.6) is 0 Å². The summed E-state index contributed by atoms with van der Waals surface area (Å²) in [6.07, 6.45) is 4.90. The van der Waals surface area contributed by atoms with Gasteiger partial charge in [0.05, 0.1) is 5.41 Å². The van der Waals surface area contributed by atoms with E-state index in [-0.39, 0.29) is 11.3 Å². The summed E-state index contributed by atoms with van der Waals surface area (Å²) in [5.74, 6) is 0.0589. The molecule has 1 amide bonds. The molecule has 0 aliphatic carbocycles. The van der Waals surface area contributed by atoms with Crippen LogP contribution in [0.25, 0.3) is 0 Å². The average Bonchev–Trinajstić information content (AvgIpc) is 2.26. The zero-order valence-corrected chi connectivity index (χ0v) is 12.2. The lowest BCUT2D eigenvalue weighted by molar-refractivity contribution is -0.129. The Hall–Kier alpha value is -0.570. The molecule has 3 nitrogen and oxygen atoms in total. The van der Waals surface area contributed by atoms with Crippen LogP contribution in [-0.2, 0) is 4.79 Å². The zero-order valence-electron chi connectivity index (χ0n) is 12.2. The number of nitrogens with two attached hydrogens (primary N) is 1. The number of carbonyl (C=O) groups excluding carboxylic acids is 1. The first-order chi connectivity index (χ1) is 7.75. The maximum absolute atomic E-state index is 11.9. The maximum Gasteiger partial charge on any atom is 0.226 e. The van der Waals surface area contributed by atoms with Crippen LogP contribution in [0.4, 0.5) is 0 Å². The molecule has 0 aliphatic heterocycles. The second-order valence-corrected chi connectivity index (χ2v) is 6.39. The number of carbonyl (C=O) groups is 1. The quantitative estimate of drug-likeness (QED) is 0.643. The fourth-order valence-corrected chi connectivity index (χ4v) is 1.59. The molecule has 0 spiro atoms. The van der Waals surface area contributed by atoms with Crippen molar-refractivity contribution in [1.82, 2.24) is 5.32 Å². The number of unbranched alkanes of at least 4 members (excludes halogenated alkanes) is 2. The van der Waals surface area contributed by atoms with E-state index in [0.29, 0.717) is 6.54 Å². The summed E-state index contributed by atoms with van der Waals surface area (Å²) in [5.41, 5.74) is 5.30. The Morgan fingerprint density at radius 1 is 1.18 bits per heavy atom. The van der Waals surface area contributed by atoms with Crippen molar-refractivity contribution in [3.8, 4) is 0 Å². The molecule has 0 aromatic heterocycles. The minimum absolute atomic E-state index is 0.0589. The zero-order chi connectivity index (χ0) is 13.5.